The minimum atomic E-state index is -1.72. The van der Waals surface area contributed by atoms with Crippen molar-refractivity contribution in [3.8, 4) is 5.75 Å². The van der Waals surface area contributed by atoms with Gasteiger partial charge in [-0.3, -0.25) is 0 Å². The summed E-state index contributed by atoms with van der Waals surface area (Å²) in [5.41, 5.74) is 2.19. The van der Waals surface area contributed by atoms with Crippen LogP contribution in [0.15, 0.2) is 49.1 Å². The Bertz CT molecular complexity index is 587. The molecule has 1 aromatic carbocycles. The molecular formula is C24H40O4Si. The van der Waals surface area contributed by atoms with Crippen molar-refractivity contribution in [1.29, 1.82) is 0 Å². The van der Waals surface area contributed by atoms with Gasteiger partial charge in [0.15, 0.2) is 8.32 Å². The van der Waals surface area contributed by atoms with Gasteiger partial charge >= 0.3 is 0 Å². The fourth-order valence-corrected chi connectivity index (χ4v) is 6.36. The molecule has 0 radical (unpaired) electrons. The normalized spacial score (nSPS) is 13.7. The molecule has 5 heteroatoms. The fourth-order valence-electron chi connectivity index (χ4n) is 3.46. The van der Waals surface area contributed by atoms with E-state index in [2.05, 4.69) is 33.9 Å². The topological polar surface area (TPSA) is 36.9 Å². The fraction of sp³-hybridized carbons (Fsp3) is 0.583. The number of methoxy groups -OCH3 is 2. The molecule has 4 nitrogen and oxygen atoms in total. The monoisotopic (exact) mass is 420 g/mol. The van der Waals surface area contributed by atoms with Crippen molar-refractivity contribution in [2.24, 2.45) is 0 Å². The molecule has 164 valence electrons. The summed E-state index contributed by atoms with van der Waals surface area (Å²) in [5, 5.41) is 0. The van der Waals surface area contributed by atoms with Crippen molar-refractivity contribution in [2.45, 2.75) is 70.6 Å². The van der Waals surface area contributed by atoms with Crippen LogP contribution in [0.2, 0.25) is 18.1 Å². The molecule has 0 saturated heterocycles. The van der Waals surface area contributed by atoms with Crippen molar-refractivity contribution in [3.63, 3.8) is 0 Å². The molecule has 0 N–H and O–H groups in total. The Morgan fingerprint density at radius 2 is 1.69 bits per heavy atom. The van der Waals surface area contributed by atoms with E-state index in [-0.39, 0.29) is 12.2 Å². The number of rotatable bonds is 16. The molecule has 0 amide bonds. The van der Waals surface area contributed by atoms with E-state index in [1.807, 2.05) is 30.3 Å². The Hall–Kier alpha value is -1.40. The van der Waals surface area contributed by atoms with E-state index in [0.717, 1.165) is 47.9 Å². The van der Waals surface area contributed by atoms with Gasteiger partial charge in [0.1, 0.15) is 5.75 Å². The van der Waals surface area contributed by atoms with Crippen LogP contribution in [0, 0.1) is 0 Å². The molecule has 2 atom stereocenters. The summed E-state index contributed by atoms with van der Waals surface area (Å²) < 4.78 is 23.4. The van der Waals surface area contributed by atoms with Crippen LogP contribution in [-0.4, -0.2) is 41.4 Å². The van der Waals surface area contributed by atoms with Gasteiger partial charge in [-0.1, -0.05) is 51.1 Å². The summed E-state index contributed by atoms with van der Waals surface area (Å²) >= 11 is 0. The highest BCUT2D eigenvalue weighted by molar-refractivity contribution is 6.73. The highest BCUT2D eigenvalue weighted by Gasteiger charge is 2.34. The van der Waals surface area contributed by atoms with Gasteiger partial charge in [-0.25, -0.2) is 0 Å². The minimum Gasteiger partial charge on any atom is -0.497 e. The van der Waals surface area contributed by atoms with Crippen molar-refractivity contribution < 1.29 is 18.6 Å². The number of hydrogen-bond donors (Lipinski definition) is 0. The Kier molecular flexibility index (Phi) is 12.2. The third-order valence-corrected chi connectivity index (χ3v) is 10.4. The van der Waals surface area contributed by atoms with E-state index in [4.69, 9.17) is 18.6 Å². The molecule has 0 bridgehead atoms. The second-order valence-electron chi connectivity index (χ2n) is 7.47. The van der Waals surface area contributed by atoms with Crippen LogP contribution in [0.5, 0.6) is 5.75 Å². The largest absolute Gasteiger partial charge is 0.497 e. The Balaban J connectivity index is 2.56. The van der Waals surface area contributed by atoms with Crippen molar-refractivity contribution in [2.75, 3.05) is 20.8 Å². The first-order valence-electron chi connectivity index (χ1n) is 10.7. The maximum Gasteiger partial charge on any atom is 0.192 e. The first-order valence-corrected chi connectivity index (χ1v) is 13.2. The van der Waals surface area contributed by atoms with E-state index in [9.17, 15) is 0 Å². The van der Waals surface area contributed by atoms with Gasteiger partial charge in [0, 0.05) is 7.11 Å². The predicted octanol–water partition coefficient (Wildman–Crippen LogP) is 6.14. The Labute approximate surface area is 179 Å². The first-order chi connectivity index (χ1) is 14.0. The second kappa shape index (κ2) is 13.8. The SMILES string of the molecule is C=C[C@H](OC)[C@@H](CCC(=C)COCc1ccc(OC)cc1)O[Si](CC)(CC)CC. The maximum absolute atomic E-state index is 6.72. The molecule has 1 rings (SSSR count). The van der Waals surface area contributed by atoms with Crippen LogP contribution < -0.4 is 4.74 Å². The third-order valence-electron chi connectivity index (χ3n) is 5.72. The quantitative estimate of drug-likeness (QED) is 0.238. The molecule has 0 spiro atoms. The lowest BCUT2D eigenvalue weighted by molar-refractivity contribution is 0.0208. The molecule has 0 aliphatic heterocycles. The number of benzene rings is 1. The van der Waals surface area contributed by atoms with Gasteiger partial charge in [-0.15, -0.1) is 6.58 Å². The molecule has 0 aromatic heterocycles. The number of hydrogen-bond acceptors (Lipinski definition) is 4. The van der Waals surface area contributed by atoms with E-state index >= 15 is 0 Å². The van der Waals surface area contributed by atoms with Gasteiger partial charge < -0.3 is 18.6 Å². The van der Waals surface area contributed by atoms with Gasteiger partial charge in [0.2, 0.25) is 0 Å². The van der Waals surface area contributed by atoms with E-state index in [0.29, 0.717) is 13.2 Å². The minimum absolute atomic E-state index is 0.0161. The van der Waals surface area contributed by atoms with E-state index < -0.39 is 8.32 Å². The zero-order chi connectivity index (χ0) is 21.7. The van der Waals surface area contributed by atoms with Gasteiger partial charge in [0.05, 0.1) is 32.5 Å². The van der Waals surface area contributed by atoms with E-state index in [1.165, 1.54) is 0 Å². The summed E-state index contributed by atoms with van der Waals surface area (Å²) in [6.45, 7) is 16.0. The lowest BCUT2D eigenvalue weighted by Gasteiger charge is -2.36. The van der Waals surface area contributed by atoms with E-state index in [1.54, 1.807) is 14.2 Å². The van der Waals surface area contributed by atoms with Crippen LogP contribution in [0.1, 0.15) is 39.2 Å². The lowest BCUT2D eigenvalue weighted by atomic mass is 10.0. The third kappa shape index (κ3) is 8.47. The summed E-state index contributed by atoms with van der Waals surface area (Å²) in [4.78, 5) is 0. The van der Waals surface area contributed by atoms with Crippen molar-refractivity contribution in [1.82, 2.24) is 0 Å². The molecule has 0 unspecified atom stereocenters. The average molecular weight is 421 g/mol. The van der Waals surface area contributed by atoms with Crippen LogP contribution in [0.3, 0.4) is 0 Å². The molecule has 29 heavy (non-hydrogen) atoms. The summed E-state index contributed by atoms with van der Waals surface area (Å²) in [5.74, 6) is 0.852. The Morgan fingerprint density at radius 3 is 2.17 bits per heavy atom. The second-order valence-corrected chi connectivity index (χ2v) is 12.2. The van der Waals surface area contributed by atoms with Crippen LogP contribution >= 0.6 is 0 Å². The summed E-state index contributed by atoms with van der Waals surface area (Å²) in [6, 6.07) is 11.3. The van der Waals surface area contributed by atoms with Crippen molar-refractivity contribution >= 4 is 8.32 Å². The molecule has 0 aliphatic rings. The zero-order valence-electron chi connectivity index (χ0n) is 19.0. The van der Waals surface area contributed by atoms with Crippen LogP contribution in [-0.2, 0) is 20.5 Å². The smallest absolute Gasteiger partial charge is 0.192 e. The first kappa shape index (κ1) is 25.6. The van der Waals surface area contributed by atoms with Gasteiger partial charge in [-0.2, -0.15) is 0 Å². The molecule has 1 aromatic rings. The van der Waals surface area contributed by atoms with Crippen LogP contribution in [0.4, 0.5) is 0 Å². The number of ether oxygens (including phenoxy) is 3. The molecule has 0 heterocycles. The maximum atomic E-state index is 6.72. The van der Waals surface area contributed by atoms with Crippen molar-refractivity contribution in [3.05, 3.63) is 54.6 Å². The van der Waals surface area contributed by atoms with Crippen LogP contribution in [0.25, 0.3) is 0 Å². The molecule has 0 saturated carbocycles. The zero-order valence-corrected chi connectivity index (χ0v) is 20.0. The highest BCUT2D eigenvalue weighted by Crippen LogP contribution is 2.27. The standard InChI is InChI=1S/C24H40O4Si/c1-8-23(26-7)24(28-29(9-2,10-3)11-4)17-12-20(5)18-27-19-21-13-15-22(25-6)16-14-21/h8,13-16,23-24H,1,5,9-12,17-19H2,2-4,6-7H3/t23-,24+/m0/s1. The van der Waals surface area contributed by atoms with Gasteiger partial charge in [0.25, 0.3) is 0 Å². The predicted molar refractivity (Wildman–Crippen MR) is 124 cm³/mol. The summed E-state index contributed by atoms with van der Waals surface area (Å²) in [6.07, 6.45) is 3.49. The van der Waals surface area contributed by atoms with Gasteiger partial charge in [-0.05, 0) is 48.7 Å². The highest BCUT2D eigenvalue weighted by atomic mass is 28.4. The molecule has 0 aliphatic carbocycles. The lowest BCUT2D eigenvalue weighted by Crippen LogP contribution is -2.44. The Morgan fingerprint density at radius 1 is 1.07 bits per heavy atom. The molecule has 0 fully saturated rings. The average Bonchev–Trinajstić information content (AvgIpc) is 2.76. The summed E-state index contributed by atoms with van der Waals surface area (Å²) in [7, 11) is 1.67. The molecular weight excluding hydrogens is 380 g/mol.